The third-order valence-electron chi connectivity index (χ3n) is 0.106. The molecule has 70 valence electrons. The fraction of sp³-hybridized carbons (Fsp3) is 0. The van der Waals surface area contributed by atoms with Crippen molar-refractivity contribution in [2.45, 2.75) is 0 Å². The van der Waals surface area contributed by atoms with E-state index in [9.17, 15) is 4.57 Å². The molecule has 9 nitrogen and oxygen atoms in total. The van der Waals surface area contributed by atoms with Crippen molar-refractivity contribution >= 4 is 18.2 Å². The minimum absolute atomic E-state index is 0. The van der Waals surface area contributed by atoms with Crippen LogP contribution in [0, 0.1) is 0 Å². The van der Waals surface area contributed by atoms with E-state index in [0.29, 0.717) is 0 Å². The molecule has 0 aromatic carbocycles. The molecule has 0 unspecified atom stereocenters. The van der Waals surface area contributed by atoms with E-state index in [1.165, 1.54) is 0 Å². The first-order valence-corrected chi connectivity index (χ1v) is 4.48. The van der Waals surface area contributed by atoms with Crippen molar-refractivity contribution < 1.29 is 61.3 Å². The van der Waals surface area contributed by atoms with Gasteiger partial charge in [0, 0.05) is 10.4 Å². The van der Waals surface area contributed by atoms with Crippen LogP contribution in [0.15, 0.2) is 0 Å². The van der Waals surface area contributed by atoms with E-state index in [-0.39, 0.29) is 19.5 Å². The molecule has 0 heterocycles. The monoisotopic (exact) mass is 274 g/mol. The maximum Gasteiger partial charge on any atom is 2.00 e. The van der Waals surface area contributed by atoms with E-state index in [4.69, 9.17) is 32.6 Å². The van der Waals surface area contributed by atoms with Crippen LogP contribution < -0.4 is 0 Å². The zero-order valence-electron chi connectivity index (χ0n) is 5.35. The van der Waals surface area contributed by atoms with Gasteiger partial charge in [-0.1, -0.05) is 0 Å². The van der Waals surface area contributed by atoms with E-state index < -0.39 is 18.2 Å². The summed E-state index contributed by atoms with van der Waals surface area (Å²) in [7, 11) is -9.76. The van der Waals surface area contributed by atoms with Crippen LogP contribution in [0.1, 0.15) is 0 Å². The molecule has 0 radical (unpaired) electrons. The van der Waals surface area contributed by atoms with Crippen LogP contribution in [-0.2, 0) is 39.1 Å². The zero-order chi connectivity index (χ0) is 9.71. The van der Waals surface area contributed by atoms with Gasteiger partial charge in [-0.05, 0) is 0 Å². The Balaban J connectivity index is -0.000000126. The largest absolute Gasteiger partial charge is 2.00 e. The van der Waals surface area contributed by atoms with Crippen molar-refractivity contribution in [3.05, 3.63) is 0 Å². The quantitative estimate of drug-likeness (QED) is 0.125. The summed E-state index contributed by atoms with van der Waals surface area (Å²) in [4.78, 5) is 14.9. The van der Waals surface area contributed by atoms with Gasteiger partial charge in [-0.15, -0.1) is 4.67 Å². The standard InChI is InChI=1S/H3O5P.H2O4S.Zn/c1-5-6(2,3)4;1-5(2,3)4;/h1H,(H2,2,3,4);(H2,1,2,3,4);/q;;+2/p-2. The smallest absolute Gasteiger partial charge is 0.759 e. The summed E-state index contributed by atoms with van der Waals surface area (Å²) in [5, 5.41) is 7.14. The van der Waals surface area contributed by atoms with Crippen LogP contribution in [0.25, 0.3) is 0 Å². The molecular formula is H3O9PSZn. The van der Waals surface area contributed by atoms with Gasteiger partial charge in [0.15, 0.2) is 0 Å². The van der Waals surface area contributed by atoms with Crippen molar-refractivity contribution in [2.75, 3.05) is 0 Å². The molecule has 0 aliphatic heterocycles. The fourth-order valence-electron chi connectivity index (χ4n) is 0. The Bertz CT molecular complexity index is 213. The molecule has 0 aliphatic rings. The van der Waals surface area contributed by atoms with Crippen molar-refractivity contribution in [3.8, 4) is 0 Å². The van der Waals surface area contributed by atoms with Crippen LogP contribution >= 0.6 is 7.82 Å². The van der Waals surface area contributed by atoms with Gasteiger partial charge < -0.3 is 18.9 Å². The third-order valence-corrected chi connectivity index (χ3v) is 0.319. The SMILES string of the molecule is O=P(O)(O)OO.O=S(=O)([O-])[O-].[Zn+2]. The molecule has 0 saturated carbocycles. The normalized spacial score (nSPS) is 10.8. The Labute approximate surface area is 79.9 Å². The Morgan fingerprint density at radius 2 is 1.33 bits per heavy atom. The molecule has 0 aromatic heterocycles. The van der Waals surface area contributed by atoms with Gasteiger partial charge >= 0.3 is 27.3 Å². The summed E-state index contributed by atoms with van der Waals surface area (Å²) in [5.41, 5.74) is 0. The van der Waals surface area contributed by atoms with E-state index in [1.807, 2.05) is 0 Å². The third kappa shape index (κ3) is 76.1. The molecule has 0 bridgehead atoms. The molecule has 0 aromatic rings. The van der Waals surface area contributed by atoms with E-state index in [2.05, 4.69) is 4.67 Å². The second-order valence-corrected chi connectivity index (χ2v) is 2.94. The van der Waals surface area contributed by atoms with Crippen molar-refractivity contribution in [2.24, 2.45) is 0 Å². The summed E-state index contributed by atoms with van der Waals surface area (Å²) in [6, 6.07) is 0. The maximum atomic E-state index is 9.22. The van der Waals surface area contributed by atoms with Gasteiger partial charge in [-0.3, -0.25) is 8.42 Å². The summed E-state index contributed by atoms with van der Waals surface area (Å²) in [6.45, 7) is 0. The molecule has 3 N–H and O–H groups in total. The molecule has 0 aliphatic carbocycles. The number of hydrogen-bond acceptors (Lipinski definition) is 7. The Morgan fingerprint density at radius 1 is 1.25 bits per heavy atom. The molecule has 0 rings (SSSR count). The Hall–Kier alpha value is 0.563. The molecular weight excluding hydrogens is 272 g/mol. The molecule has 12 heteroatoms. The van der Waals surface area contributed by atoms with Crippen LogP contribution in [0.3, 0.4) is 0 Å². The van der Waals surface area contributed by atoms with Crippen molar-refractivity contribution in [3.63, 3.8) is 0 Å². The minimum Gasteiger partial charge on any atom is -0.759 e. The van der Waals surface area contributed by atoms with Crippen LogP contribution in [-0.4, -0.2) is 32.6 Å². The van der Waals surface area contributed by atoms with E-state index in [1.54, 1.807) is 0 Å². The number of hydrogen-bond donors (Lipinski definition) is 3. The molecule has 0 atom stereocenters. The average Bonchev–Trinajstić information content (AvgIpc) is 1.59. The molecule has 0 spiro atoms. The number of phosphoric acid groups is 1. The molecule has 12 heavy (non-hydrogen) atoms. The molecule has 0 amide bonds. The van der Waals surface area contributed by atoms with E-state index >= 15 is 0 Å². The zero-order valence-corrected chi connectivity index (χ0v) is 10.0. The van der Waals surface area contributed by atoms with Crippen molar-refractivity contribution in [1.29, 1.82) is 0 Å². The van der Waals surface area contributed by atoms with Crippen LogP contribution in [0.5, 0.6) is 0 Å². The topological polar surface area (TPSA) is 167 Å². The summed E-state index contributed by atoms with van der Waals surface area (Å²) < 4.78 is 45.9. The minimum atomic E-state index is -5.17. The number of rotatable bonds is 1. The maximum absolute atomic E-state index is 9.22. The first-order chi connectivity index (χ1) is 4.56. The van der Waals surface area contributed by atoms with E-state index in [0.717, 1.165) is 0 Å². The van der Waals surface area contributed by atoms with Gasteiger partial charge in [0.1, 0.15) is 0 Å². The second-order valence-electron chi connectivity index (χ2n) is 0.980. The Morgan fingerprint density at radius 3 is 1.33 bits per heavy atom. The van der Waals surface area contributed by atoms with Gasteiger partial charge in [0.05, 0.1) is 0 Å². The Kier molecular flexibility index (Phi) is 10.7. The summed E-state index contributed by atoms with van der Waals surface area (Å²) >= 11 is 0. The van der Waals surface area contributed by atoms with Crippen LogP contribution in [0.4, 0.5) is 0 Å². The molecule has 0 saturated heterocycles. The van der Waals surface area contributed by atoms with Gasteiger partial charge in [0.25, 0.3) is 0 Å². The first kappa shape index (κ1) is 18.4. The second kappa shape index (κ2) is 7.01. The fourth-order valence-corrected chi connectivity index (χ4v) is 0. The summed E-state index contributed by atoms with van der Waals surface area (Å²) in [5.74, 6) is 0. The predicted molar refractivity (Wildman–Crippen MR) is 26.2 cm³/mol. The van der Waals surface area contributed by atoms with Crippen LogP contribution in [0.2, 0.25) is 0 Å². The predicted octanol–water partition coefficient (Wildman–Crippen LogP) is -1.77. The first-order valence-electron chi connectivity index (χ1n) is 1.61. The van der Waals surface area contributed by atoms with Gasteiger partial charge in [0.2, 0.25) is 0 Å². The van der Waals surface area contributed by atoms with Gasteiger partial charge in [-0.2, -0.15) is 0 Å². The summed E-state index contributed by atoms with van der Waals surface area (Å²) in [6.07, 6.45) is 0. The average molecular weight is 275 g/mol. The van der Waals surface area contributed by atoms with Crippen molar-refractivity contribution in [1.82, 2.24) is 0 Å². The van der Waals surface area contributed by atoms with Gasteiger partial charge in [-0.25, -0.2) is 9.82 Å². The molecule has 0 fully saturated rings.